The standard InChI is InChI=1S/C9H13N3S/c1-13-8-4-2-7(3-5-8)6-12-9(10)11/h2-5H,6H2,1H3,(H4,10,11,12). The molecule has 0 spiro atoms. The van der Waals surface area contributed by atoms with Crippen LogP contribution >= 0.6 is 11.8 Å². The van der Waals surface area contributed by atoms with Crippen LogP contribution in [0.2, 0.25) is 0 Å². The number of aliphatic imine (C=N–C) groups is 1. The van der Waals surface area contributed by atoms with Crippen LogP contribution in [0.1, 0.15) is 5.56 Å². The van der Waals surface area contributed by atoms with Crippen molar-refractivity contribution in [2.24, 2.45) is 16.5 Å². The average molecular weight is 195 g/mol. The summed E-state index contributed by atoms with van der Waals surface area (Å²) in [6.45, 7) is 0.553. The molecule has 0 atom stereocenters. The Kier molecular flexibility index (Phi) is 3.64. The van der Waals surface area contributed by atoms with E-state index in [9.17, 15) is 0 Å². The first-order valence-electron chi connectivity index (χ1n) is 3.90. The SMILES string of the molecule is CSc1ccc(CN=C(N)N)cc1. The molecule has 13 heavy (non-hydrogen) atoms. The minimum Gasteiger partial charge on any atom is -0.370 e. The molecule has 0 saturated carbocycles. The van der Waals surface area contributed by atoms with Crippen LogP contribution in [-0.2, 0) is 6.54 Å². The predicted octanol–water partition coefficient (Wildman–Crippen LogP) is 1.18. The minimum absolute atomic E-state index is 0.133. The summed E-state index contributed by atoms with van der Waals surface area (Å²) in [6.07, 6.45) is 2.05. The van der Waals surface area contributed by atoms with Crippen molar-refractivity contribution >= 4 is 17.7 Å². The smallest absolute Gasteiger partial charge is 0.186 e. The van der Waals surface area contributed by atoms with Crippen LogP contribution in [0.5, 0.6) is 0 Å². The fourth-order valence-electron chi connectivity index (χ4n) is 0.914. The maximum Gasteiger partial charge on any atom is 0.186 e. The number of nitrogens with two attached hydrogens (primary N) is 2. The molecule has 0 amide bonds. The molecule has 0 bridgehead atoms. The average Bonchev–Trinajstić information content (AvgIpc) is 2.15. The Morgan fingerprint density at radius 2 is 1.92 bits per heavy atom. The Hall–Kier alpha value is -1.16. The molecule has 4 heteroatoms. The number of benzene rings is 1. The monoisotopic (exact) mass is 195 g/mol. The van der Waals surface area contributed by atoms with Gasteiger partial charge >= 0.3 is 0 Å². The van der Waals surface area contributed by atoms with Gasteiger partial charge in [-0.2, -0.15) is 0 Å². The van der Waals surface area contributed by atoms with E-state index in [0.29, 0.717) is 6.54 Å². The van der Waals surface area contributed by atoms with Crippen molar-refractivity contribution in [1.29, 1.82) is 0 Å². The van der Waals surface area contributed by atoms with Crippen molar-refractivity contribution in [3.05, 3.63) is 29.8 Å². The van der Waals surface area contributed by atoms with Gasteiger partial charge in [-0.3, -0.25) is 0 Å². The lowest BCUT2D eigenvalue weighted by Crippen LogP contribution is -2.22. The highest BCUT2D eigenvalue weighted by Crippen LogP contribution is 2.14. The molecule has 0 aliphatic heterocycles. The zero-order chi connectivity index (χ0) is 9.68. The summed E-state index contributed by atoms with van der Waals surface area (Å²) in [5, 5.41) is 0. The van der Waals surface area contributed by atoms with Gasteiger partial charge in [-0.05, 0) is 24.0 Å². The van der Waals surface area contributed by atoms with E-state index in [1.165, 1.54) is 4.90 Å². The van der Waals surface area contributed by atoms with Gasteiger partial charge in [0.1, 0.15) is 0 Å². The van der Waals surface area contributed by atoms with E-state index in [0.717, 1.165) is 5.56 Å². The maximum absolute atomic E-state index is 5.22. The summed E-state index contributed by atoms with van der Waals surface area (Å²) in [7, 11) is 0. The van der Waals surface area contributed by atoms with Gasteiger partial charge < -0.3 is 11.5 Å². The lowest BCUT2D eigenvalue weighted by atomic mass is 10.2. The minimum atomic E-state index is 0.133. The van der Waals surface area contributed by atoms with Gasteiger partial charge in [0.2, 0.25) is 0 Å². The number of rotatable bonds is 3. The molecule has 0 aromatic heterocycles. The number of hydrogen-bond acceptors (Lipinski definition) is 2. The van der Waals surface area contributed by atoms with Crippen molar-refractivity contribution < 1.29 is 0 Å². The van der Waals surface area contributed by atoms with Gasteiger partial charge in [-0.15, -0.1) is 11.8 Å². The zero-order valence-corrected chi connectivity index (χ0v) is 8.34. The van der Waals surface area contributed by atoms with E-state index >= 15 is 0 Å². The lowest BCUT2D eigenvalue weighted by molar-refractivity contribution is 1.05. The van der Waals surface area contributed by atoms with E-state index in [4.69, 9.17) is 11.5 Å². The van der Waals surface area contributed by atoms with Crippen LogP contribution in [-0.4, -0.2) is 12.2 Å². The molecule has 1 aromatic rings. The highest BCUT2D eigenvalue weighted by Gasteiger charge is 1.92. The quantitative estimate of drug-likeness (QED) is 0.432. The van der Waals surface area contributed by atoms with Crippen LogP contribution in [0.15, 0.2) is 34.2 Å². The van der Waals surface area contributed by atoms with Crippen LogP contribution in [0, 0.1) is 0 Å². The number of guanidine groups is 1. The van der Waals surface area contributed by atoms with Crippen molar-refractivity contribution in [3.8, 4) is 0 Å². The summed E-state index contributed by atoms with van der Waals surface area (Å²) in [6, 6.07) is 8.17. The van der Waals surface area contributed by atoms with Crippen molar-refractivity contribution in [2.45, 2.75) is 11.4 Å². The topological polar surface area (TPSA) is 64.4 Å². The van der Waals surface area contributed by atoms with E-state index in [-0.39, 0.29) is 5.96 Å². The van der Waals surface area contributed by atoms with Crippen LogP contribution in [0.4, 0.5) is 0 Å². The largest absolute Gasteiger partial charge is 0.370 e. The predicted molar refractivity (Wildman–Crippen MR) is 57.7 cm³/mol. The third-order valence-corrected chi connectivity index (χ3v) is 2.35. The van der Waals surface area contributed by atoms with E-state index < -0.39 is 0 Å². The Balaban J connectivity index is 2.64. The fraction of sp³-hybridized carbons (Fsp3) is 0.222. The van der Waals surface area contributed by atoms with Crippen molar-refractivity contribution in [2.75, 3.05) is 6.26 Å². The van der Waals surface area contributed by atoms with E-state index in [1.54, 1.807) is 11.8 Å². The van der Waals surface area contributed by atoms with Crippen molar-refractivity contribution in [3.63, 3.8) is 0 Å². The second-order valence-electron chi connectivity index (χ2n) is 2.59. The van der Waals surface area contributed by atoms with Crippen LogP contribution in [0.25, 0.3) is 0 Å². The first-order chi connectivity index (χ1) is 6.22. The Labute approximate surface area is 82.2 Å². The summed E-state index contributed by atoms with van der Waals surface area (Å²) >= 11 is 1.72. The molecule has 3 nitrogen and oxygen atoms in total. The first kappa shape index (κ1) is 9.92. The maximum atomic E-state index is 5.22. The first-order valence-corrected chi connectivity index (χ1v) is 5.13. The highest BCUT2D eigenvalue weighted by atomic mass is 32.2. The lowest BCUT2D eigenvalue weighted by Gasteiger charge is -1.99. The molecule has 1 rings (SSSR count). The Morgan fingerprint density at radius 3 is 2.38 bits per heavy atom. The fourth-order valence-corrected chi connectivity index (χ4v) is 1.32. The molecule has 4 N–H and O–H groups in total. The summed E-state index contributed by atoms with van der Waals surface area (Å²) < 4.78 is 0. The third-order valence-electron chi connectivity index (χ3n) is 1.60. The molecule has 70 valence electrons. The van der Waals surface area contributed by atoms with Gasteiger partial charge in [0.25, 0.3) is 0 Å². The van der Waals surface area contributed by atoms with Gasteiger partial charge in [0.05, 0.1) is 6.54 Å². The molecule has 0 aliphatic carbocycles. The van der Waals surface area contributed by atoms with Crippen LogP contribution < -0.4 is 11.5 Å². The normalized spacial score (nSPS) is 9.62. The highest BCUT2D eigenvalue weighted by molar-refractivity contribution is 7.98. The van der Waals surface area contributed by atoms with Gasteiger partial charge in [-0.1, -0.05) is 12.1 Å². The van der Waals surface area contributed by atoms with Gasteiger partial charge in [0, 0.05) is 4.90 Å². The molecule has 0 radical (unpaired) electrons. The third kappa shape index (κ3) is 3.38. The summed E-state index contributed by atoms with van der Waals surface area (Å²) in [4.78, 5) is 5.16. The van der Waals surface area contributed by atoms with Gasteiger partial charge in [-0.25, -0.2) is 4.99 Å². The molecular weight excluding hydrogens is 182 g/mol. The Bertz CT molecular complexity index is 288. The number of hydrogen-bond donors (Lipinski definition) is 2. The van der Waals surface area contributed by atoms with Crippen LogP contribution in [0.3, 0.4) is 0 Å². The van der Waals surface area contributed by atoms with Gasteiger partial charge in [0.15, 0.2) is 5.96 Å². The molecule has 0 fully saturated rings. The second-order valence-corrected chi connectivity index (χ2v) is 3.47. The number of nitrogens with zero attached hydrogens (tertiary/aromatic N) is 1. The molecular formula is C9H13N3S. The molecule has 1 aromatic carbocycles. The molecule has 0 saturated heterocycles. The Morgan fingerprint density at radius 1 is 1.31 bits per heavy atom. The number of thioether (sulfide) groups is 1. The summed E-state index contributed by atoms with van der Waals surface area (Å²) in [5.41, 5.74) is 11.6. The summed E-state index contributed by atoms with van der Waals surface area (Å²) in [5.74, 6) is 0.133. The van der Waals surface area contributed by atoms with Crippen molar-refractivity contribution in [1.82, 2.24) is 0 Å². The van der Waals surface area contributed by atoms with E-state index in [2.05, 4.69) is 17.1 Å². The molecule has 0 unspecified atom stereocenters. The molecule has 0 heterocycles. The second kappa shape index (κ2) is 4.77. The zero-order valence-electron chi connectivity index (χ0n) is 7.53. The molecule has 0 aliphatic rings. The van der Waals surface area contributed by atoms with E-state index in [1.807, 2.05) is 18.4 Å².